The molecule has 1 nitrogen and oxygen atoms in total. The Hall–Kier alpha value is 0.110. The molecule has 2 aliphatic carbocycles. The topological polar surface area (TPSA) is 12.0 Å². The van der Waals surface area contributed by atoms with Gasteiger partial charge in [0, 0.05) is 18.2 Å². The summed E-state index contributed by atoms with van der Waals surface area (Å²) in [4.78, 5) is 0. The molecule has 2 aliphatic rings. The molecule has 0 bridgehead atoms. The highest BCUT2D eigenvalue weighted by Gasteiger charge is 2.35. The monoisotopic (exact) mass is 279 g/mol. The predicted molar refractivity (Wildman–Crippen MR) is 71.4 cm³/mol. The molecule has 0 aliphatic heterocycles. The first-order valence-corrected chi connectivity index (χ1v) is 7.71. The predicted octanol–water partition coefficient (Wildman–Crippen LogP) is 4.20. The summed E-state index contributed by atoms with van der Waals surface area (Å²) < 4.78 is 26.5. The highest BCUT2D eigenvalue weighted by Crippen LogP contribution is 2.36. The van der Waals surface area contributed by atoms with Gasteiger partial charge in [0.15, 0.2) is 0 Å². The summed E-state index contributed by atoms with van der Waals surface area (Å²) in [5, 5.41) is 3.76. The Bertz CT molecular complexity index is 252. The van der Waals surface area contributed by atoms with E-state index in [1.165, 1.54) is 12.8 Å². The normalized spacial score (nSPS) is 36.5. The summed E-state index contributed by atoms with van der Waals surface area (Å²) in [6.07, 6.45) is 6.38. The van der Waals surface area contributed by atoms with Crippen molar-refractivity contribution in [3.63, 3.8) is 0 Å². The van der Waals surface area contributed by atoms with Gasteiger partial charge in [-0.05, 0) is 63.5 Å². The van der Waals surface area contributed by atoms with E-state index in [9.17, 15) is 8.78 Å². The molecule has 1 unspecified atom stereocenters. The van der Waals surface area contributed by atoms with Crippen molar-refractivity contribution < 1.29 is 8.78 Å². The smallest absolute Gasteiger partial charge is 0.248 e. The van der Waals surface area contributed by atoms with Crippen molar-refractivity contribution >= 4 is 11.6 Å². The van der Waals surface area contributed by atoms with Crippen LogP contribution in [0.15, 0.2) is 0 Å². The molecule has 0 spiro atoms. The molecule has 18 heavy (non-hydrogen) atoms. The van der Waals surface area contributed by atoms with E-state index in [1.807, 2.05) is 0 Å². The quantitative estimate of drug-likeness (QED) is 0.761. The Balaban J connectivity index is 1.60. The lowest BCUT2D eigenvalue weighted by Gasteiger charge is -2.30. The molecule has 0 saturated heterocycles. The number of halogens is 3. The van der Waals surface area contributed by atoms with Crippen LogP contribution in [-0.2, 0) is 0 Å². The summed E-state index contributed by atoms with van der Waals surface area (Å²) in [7, 11) is 0. The van der Waals surface area contributed by atoms with Crippen molar-refractivity contribution in [1.82, 2.24) is 5.32 Å². The van der Waals surface area contributed by atoms with Gasteiger partial charge in [0.1, 0.15) is 0 Å². The molecule has 2 saturated carbocycles. The summed E-state index contributed by atoms with van der Waals surface area (Å²) >= 11 is 6.07. The van der Waals surface area contributed by atoms with Gasteiger partial charge in [-0.2, -0.15) is 0 Å². The van der Waals surface area contributed by atoms with Crippen LogP contribution in [0.3, 0.4) is 0 Å². The molecule has 2 rings (SSSR count). The fourth-order valence-electron chi connectivity index (χ4n) is 3.27. The molecular formula is C14H24ClF2N. The molecule has 0 aromatic rings. The standard InChI is InChI=1S/C14H24ClF2N/c15-13-5-3-11(4-6-13)9-18-10-12-2-1-7-14(16,17)8-12/h11-13,18H,1-10H2. The summed E-state index contributed by atoms with van der Waals surface area (Å²) in [5.74, 6) is -1.55. The minimum Gasteiger partial charge on any atom is -0.316 e. The molecule has 0 aromatic heterocycles. The second kappa shape index (κ2) is 6.51. The maximum absolute atomic E-state index is 13.2. The van der Waals surface area contributed by atoms with Gasteiger partial charge in [-0.1, -0.05) is 0 Å². The highest BCUT2D eigenvalue weighted by atomic mass is 35.5. The number of nitrogens with one attached hydrogen (secondary N) is 1. The lowest BCUT2D eigenvalue weighted by molar-refractivity contribution is -0.0520. The second-order valence-corrected chi connectivity index (χ2v) is 6.71. The summed E-state index contributed by atoms with van der Waals surface area (Å²) in [5.41, 5.74) is 0. The maximum Gasteiger partial charge on any atom is 0.248 e. The number of alkyl halides is 3. The van der Waals surface area contributed by atoms with Crippen molar-refractivity contribution in [3.8, 4) is 0 Å². The van der Waals surface area contributed by atoms with Crippen LogP contribution in [-0.4, -0.2) is 24.4 Å². The van der Waals surface area contributed by atoms with Crippen LogP contribution >= 0.6 is 11.6 Å². The molecule has 4 heteroatoms. The summed E-state index contributed by atoms with van der Waals surface area (Å²) in [6.45, 7) is 1.74. The first-order valence-electron chi connectivity index (χ1n) is 7.28. The Morgan fingerprint density at radius 2 is 1.67 bits per heavy atom. The van der Waals surface area contributed by atoms with Crippen molar-refractivity contribution in [2.24, 2.45) is 11.8 Å². The number of hydrogen-bond donors (Lipinski definition) is 1. The van der Waals surface area contributed by atoms with Gasteiger partial charge < -0.3 is 5.32 Å². The third-order valence-corrected chi connectivity index (χ3v) is 4.82. The average molecular weight is 280 g/mol. The van der Waals surface area contributed by atoms with Gasteiger partial charge in [-0.3, -0.25) is 0 Å². The minimum absolute atomic E-state index is 0.0778. The molecule has 0 amide bonds. The van der Waals surface area contributed by atoms with Gasteiger partial charge >= 0.3 is 0 Å². The Labute approximate surface area is 114 Å². The van der Waals surface area contributed by atoms with E-state index in [1.54, 1.807) is 0 Å². The van der Waals surface area contributed by atoms with Crippen LogP contribution in [0, 0.1) is 11.8 Å². The van der Waals surface area contributed by atoms with E-state index in [0.29, 0.717) is 17.7 Å². The van der Waals surface area contributed by atoms with Gasteiger partial charge in [-0.25, -0.2) is 8.78 Å². The lowest BCUT2D eigenvalue weighted by Crippen LogP contribution is -2.35. The fraction of sp³-hybridized carbons (Fsp3) is 1.00. The second-order valence-electron chi connectivity index (χ2n) is 6.09. The Kier molecular flexibility index (Phi) is 5.25. The third kappa shape index (κ3) is 4.65. The highest BCUT2D eigenvalue weighted by molar-refractivity contribution is 6.20. The average Bonchev–Trinajstić information content (AvgIpc) is 2.30. The van der Waals surface area contributed by atoms with Gasteiger partial charge in [0.2, 0.25) is 5.92 Å². The Morgan fingerprint density at radius 1 is 1.00 bits per heavy atom. The number of hydrogen-bond acceptors (Lipinski definition) is 1. The zero-order chi connectivity index (χ0) is 13.0. The van der Waals surface area contributed by atoms with Crippen LogP contribution < -0.4 is 5.32 Å². The van der Waals surface area contributed by atoms with E-state index in [-0.39, 0.29) is 18.8 Å². The third-order valence-electron chi connectivity index (χ3n) is 4.38. The SMILES string of the molecule is FC1(F)CCCC(CNCC2CCC(Cl)CC2)C1. The van der Waals surface area contributed by atoms with E-state index in [2.05, 4.69) is 5.32 Å². The molecule has 0 radical (unpaired) electrons. The van der Waals surface area contributed by atoms with E-state index in [0.717, 1.165) is 32.4 Å². The van der Waals surface area contributed by atoms with E-state index < -0.39 is 5.92 Å². The first-order chi connectivity index (χ1) is 8.55. The van der Waals surface area contributed by atoms with Crippen molar-refractivity contribution in [1.29, 1.82) is 0 Å². The van der Waals surface area contributed by atoms with Crippen LogP contribution in [0.4, 0.5) is 8.78 Å². The molecule has 2 fully saturated rings. The zero-order valence-corrected chi connectivity index (χ0v) is 11.7. The van der Waals surface area contributed by atoms with Crippen molar-refractivity contribution in [2.75, 3.05) is 13.1 Å². The molecule has 106 valence electrons. The van der Waals surface area contributed by atoms with E-state index >= 15 is 0 Å². The first kappa shape index (κ1) is 14.5. The van der Waals surface area contributed by atoms with Crippen LogP contribution in [0.1, 0.15) is 51.4 Å². The minimum atomic E-state index is -2.42. The Morgan fingerprint density at radius 3 is 2.33 bits per heavy atom. The summed E-state index contributed by atoms with van der Waals surface area (Å²) in [6, 6.07) is 0. The van der Waals surface area contributed by atoms with Crippen LogP contribution in [0.25, 0.3) is 0 Å². The van der Waals surface area contributed by atoms with Crippen LogP contribution in [0.2, 0.25) is 0 Å². The molecule has 1 atom stereocenters. The van der Waals surface area contributed by atoms with Crippen molar-refractivity contribution in [2.45, 2.75) is 62.7 Å². The van der Waals surface area contributed by atoms with E-state index in [4.69, 9.17) is 11.6 Å². The number of rotatable bonds is 4. The molecule has 1 N–H and O–H groups in total. The van der Waals surface area contributed by atoms with Gasteiger partial charge in [-0.15, -0.1) is 11.6 Å². The maximum atomic E-state index is 13.2. The fourth-order valence-corrected chi connectivity index (χ4v) is 3.52. The zero-order valence-electron chi connectivity index (χ0n) is 10.9. The lowest BCUT2D eigenvalue weighted by atomic mass is 9.86. The van der Waals surface area contributed by atoms with Crippen LogP contribution in [0.5, 0.6) is 0 Å². The van der Waals surface area contributed by atoms with Gasteiger partial charge in [0.05, 0.1) is 0 Å². The van der Waals surface area contributed by atoms with Crippen molar-refractivity contribution in [3.05, 3.63) is 0 Å². The molecule has 0 heterocycles. The largest absolute Gasteiger partial charge is 0.316 e. The molecular weight excluding hydrogens is 256 g/mol. The van der Waals surface area contributed by atoms with Gasteiger partial charge in [0.25, 0.3) is 0 Å². The molecule has 0 aromatic carbocycles.